The second-order valence-electron chi connectivity index (χ2n) is 7.23. The summed E-state index contributed by atoms with van der Waals surface area (Å²) < 4.78 is 2.12. The maximum Gasteiger partial charge on any atom is 0.203 e. The smallest absolute Gasteiger partial charge is 0.203 e. The Kier molecular flexibility index (Phi) is 3.36. The molecule has 0 amide bonds. The number of nitrogens with one attached hydrogen (secondary N) is 1. The number of anilines is 2. The minimum atomic E-state index is 0.615. The molecule has 3 heterocycles. The Bertz CT molecular complexity index is 890. The van der Waals surface area contributed by atoms with E-state index in [1.807, 2.05) is 12.1 Å². The van der Waals surface area contributed by atoms with Crippen LogP contribution in [0.4, 0.5) is 11.8 Å². The fraction of sp³-hybridized carbons (Fsp3) is 0.421. The van der Waals surface area contributed by atoms with Crippen LogP contribution in [0, 0.1) is 5.92 Å². The largest absolute Gasteiger partial charge is 0.355 e. The van der Waals surface area contributed by atoms with Crippen molar-refractivity contribution in [3.8, 4) is 0 Å². The van der Waals surface area contributed by atoms with Gasteiger partial charge in [-0.05, 0) is 37.1 Å². The monoisotopic (exact) mass is 334 g/mol. The lowest BCUT2D eigenvalue weighted by atomic mass is 10.0. The first-order chi connectivity index (χ1) is 12.3. The second kappa shape index (κ2) is 5.72. The van der Waals surface area contributed by atoms with E-state index in [1.54, 1.807) is 0 Å². The van der Waals surface area contributed by atoms with Gasteiger partial charge in [0.2, 0.25) is 5.95 Å². The van der Waals surface area contributed by atoms with Gasteiger partial charge in [-0.2, -0.15) is 5.10 Å². The molecule has 128 valence electrons. The molecule has 1 aliphatic heterocycles. The molecule has 2 aromatic heterocycles. The van der Waals surface area contributed by atoms with E-state index in [0.717, 1.165) is 48.1 Å². The van der Waals surface area contributed by atoms with Crippen molar-refractivity contribution in [1.82, 2.24) is 19.7 Å². The van der Waals surface area contributed by atoms with Gasteiger partial charge in [-0.3, -0.25) is 0 Å². The normalized spacial score (nSPS) is 17.7. The van der Waals surface area contributed by atoms with E-state index in [-0.39, 0.29) is 0 Å². The molecule has 0 bridgehead atoms. The molecule has 2 fully saturated rings. The Morgan fingerprint density at radius 3 is 2.64 bits per heavy atom. The van der Waals surface area contributed by atoms with Crippen molar-refractivity contribution in [3.63, 3.8) is 0 Å². The van der Waals surface area contributed by atoms with Crippen LogP contribution in [0.3, 0.4) is 0 Å². The molecule has 6 nitrogen and oxygen atoms in total. The molecule has 1 aliphatic carbocycles. The number of hydrogen-bond acceptors (Lipinski definition) is 5. The van der Waals surface area contributed by atoms with Gasteiger partial charge in [0.1, 0.15) is 0 Å². The highest BCUT2D eigenvalue weighted by Crippen LogP contribution is 2.39. The molecule has 0 radical (unpaired) electrons. The summed E-state index contributed by atoms with van der Waals surface area (Å²) in [4.78, 5) is 6.96. The number of benzene rings is 1. The summed E-state index contributed by atoms with van der Waals surface area (Å²) in [6.45, 7) is 2.98. The summed E-state index contributed by atoms with van der Waals surface area (Å²) in [5.41, 5.74) is 3.35. The van der Waals surface area contributed by atoms with Gasteiger partial charge in [-0.1, -0.05) is 12.1 Å². The minimum Gasteiger partial charge on any atom is -0.355 e. The third-order valence-corrected chi connectivity index (χ3v) is 5.28. The van der Waals surface area contributed by atoms with E-state index in [1.165, 1.54) is 12.8 Å². The maximum atomic E-state index is 4.67. The number of hydrogen-bond donors (Lipinski definition) is 1. The van der Waals surface area contributed by atoms with Crippen LogP contribution >= 0.6 is 0 Å². The Hall–Kier alpha value is -2.63. The zero-order valence-corrected chi connectivity index (χ0v) is 14.4. The first kappa shape index (κ1) is 14.7. The Morgan fingerprint density at radius 2 is 1.92 bits per heavy atom. The number of rotatable bonds is 5. The Balaban J connectivity index is 1.17. The number of para-hydroxylation sites is 2. The fourth-order valence-electron chi connectivity index (χ4n) is 3.53. The lowest BCUT2D eigenvalue weighted by molar-refractivity contribution is 0.424. The summed E-state index contributed by atoms with van der Waals surface area (Å²) in [6.07, 6.45) is 2.54. The van der Waals surface area contributed by atoms with Gasteiger partial charge < -0.3 is 14.8 Å². The molecule has 1 N–H and O–H groups in total. The summed E-state index contributed by atoms with van der Waals surface area (Å²) in [5, 5.41) is 12.3. The van der Waals surface area contributed by atoms with Gasteiger partial charge >= 0.3 is 0 Å². The molecule has 0 atom stereocenters. The van der Waals surface area contributed by atoms with E-state index < -0.39 is 0 Å². The molecular formula is C19H22N6. The van der Waals surface area contributed by atoms with Crippen LogP contribution in [-0.2, 0) is 7.05 Å². The van der Waals surface area contributed by atoms with Crippen molar-refractivity contribution in [3.05, 3.63) is 42.1 Å². The van der Waals surface area contributed by atoms with E-state index in [2.05, 4.69) is 61.3 Å². The number of imidazole rings is 1. The second-order valence-corrected chi connectivity index (χ2v) is 7.23. The van der Waals surface area contributed by atoms with Gasteiger partial charge in [-0.25, -0.2) is 4.98 Å². The highest BCUT2D eigenvalue weighted by molar-refractivity contribution is 5.78. The van der Waals surface area contributed by atoms with Crippen LogP contribution in [0.5, 0.6) is 0 Å². The first-order valence-electron chi connectivity index (χ1n) is 9.02. The molecule has 1 saturated carbocycles. The Labute approximate surface area is 146 Å². The average molecular weight is 334 g/mol. The third-order valence-electron chi connectivity index (χ3n) is 5.28. The summed E-state index contributed by atoms with van der Waals surface area (Å²) in [6, 6.07) is 12.5. The van der Waals surface area contributed by atoms with Gasteiger partial charge in [0.05, 0.1) is 16.7 Å². The van der Waals surface area contributed by atoms with Crippen molar-refractivity contribution < 1.29 is 0 Å². The zero-order valence-electron chi connectivity index (χ0n) is 14.4. The minimum absolute atomic E-state index is 0.615. The van der Waals surface area contributed by atoms with Crippen LogP contribution in [0.15, 0.2) is 36.4 Å². The van der Waals surface area contributed by atoms with Crippen molar-refractivity contribution >= 4 is 22.8 Å². The highest BCUT2D eigenvalue weighted by Gasteiger charge is 2.29. The van der Waals surface area contributed by atoms with E-state index in [9.17, 15) is 0 Å². The van der Waals surface area contributed by atoms with Crippen LogP contribution in [0.25, 0.3) is 11.0 Å². The lowest BCUT2D eigenvalue weighted by Gasteiger charge is -2.40. The van der Waals surface area contributed by atoms with Crippen LogP contribution < -0.4 is 10.2 Å². The molecule has 0 spiro atoms. The lowest BCUT2D eigenvalue weighted by Crippen LogP contribution is -2.50. The molecule has 1 saturated heterocycles. The SMILES string of the molecule is Cn1c(NCC2CN(c3ccc(C4CC4)nn3)C2)nc2ccccc21. The molecule has 5 rings (SSSR count). The first-order valence-corrected chi connectivity index (χ1v) is 9.02. The molecule has 25 heavy (non-hydrogen) atoms. The van der Waals surface area contributed by atoms with Gasteiger partial charge in [0.25, 0.3) is 0 Å². The predicted molar refractivity (Wildman–Crippen MR) is 98.9 cm³/mol. The van der Waals surface area contributed by atoms with E-state index in [0.29, 0.717) is 11.8 Å². The number of nitrogens with zero attached hydrogens (tertiary/aromatic N) is 5. The van der Waals surface area contributed by atoms with Gasteiger partial charge in [-0.15, -0.1) is 5.10 Å². The van der Waals surface area contributed by atoms with Gasteiger partial charge in [0.15, 0.2) is 5.82 Å². The van der Waals surface area contributed by atoms with Crippen molar-refractivity contribution in [2.24, 2.45) is 13.0 Å². The maximum absolute atomic E-state index is 4.67. The van der Waals surface area contributed by atoms with Crippen LogP contribution in [0.2, 0.25) is 0 Å². The predicted octanol–water partition coefficient (Wildman–Crippen LogP) is 2.79. The third kappa shape index (κ3) is 2.71. The molecule has 1 aromatic carbocycles. The Morgan fingerprint density at radius 1 is 1.08 bits per heavy atom. The van der Waals surface area contributed by atoms with Crippen molar-refractivity contribution in [2.45, 2.75) is 18.8 Å². The number of aromatic nitrogens is 4. The zero-order chi connectivity index (χ0) is 16.8. The van der Waals surface area contributed by atoms with Crippen LogP contribution in [-0.4, -0.2) is 39.4 Å². The quantitative estimate of drug-likeness (QED) is 0.777. The molecular weight excluding hydrogens is 312 g/mol. The fourth-order valence-corrected chi connectivity index (χ4v) is 3.53. The standard InChI is InChI=1S/C19H22N6/c1-24-17-5-3-2-4-16(17)21-19(24)20-10-13-11-25(12-13)18-9-8-15(22-23-18)14-6-7-14/h2-5,8-9,13-14H,6-7,10-12H2,1H3,(H,20,21). The van der Waals surface area contributed by atoms with Crippen molar-refractivity contribution in [2.75, 3.05) is 29.9 Å². The van der Waals surface area contributed by atoms with Crippen LogP contribution in [0.1, 0.15) is 24.5 Å². The summed E-state index contributed by atoms with van der Waals surface area (Å²) in [7, 11) is 2.06. The van der Waals surface area contributed by atoms with E-state index in [4.69, 9.17) is 0 Å². The molecule has 6 heteroatoms. The molecule has 0 unspecified atom stereocenters. The summed E-state index contributed by atoms with van der Waals surface area (Å²) >= 11 is 0. The molecule has 2 aliphatic rings. The highest BCUT2D eigenvalue weighted by atomic mass is 15.3. The number of fused-ring (bicyclic) bond motifs is 1. The van der Waals surface area contributed by atoms with E-state index >= 15 is 0 Å². The average Bonchev–Trinajstić information content (AvgIpc) is 3.40. The topological polar surface area (TPSA) is 58.9 Å². The number of aryl methyl sites for hydroxylation is 1. The van der Waals surface area contributed by atoms with Gasteiger partial charge in [0, 0.05) is 38.5 Å². The van der Waals surface area contributed by atoms with Crippen molar-refractivity contribution in [1.29, 1.82) is 0 Å². The molecule has 3 aromatic rings. The summed E-state index contributed by atoms with van der Waals surface area (Å²) in [5.74, 6) is 3.23.